The molecule has 3 aromatic rings. The molecule has 0 unspecified atom stereocenters. The highest BCUT2D eigenvalue weighted by Crippen LogP contribution is 2.36. The van der Waals surface area contributed by atoms with Gasteiger partial charge in [0.05, 0.1) is 11.1 Å². The third-order valence-electron chi connectivity index (χ3n) is 4.40. The maximum absolute atomic E-state index is 13.2. The monoisotopic (exact) mass is 552 g/mol. The third-order valence-corrected chi connectivity index (χ3v) is 4.75. The fourth-order valence-electron chi connectivity index (χ4n) is 2.81. The third kappa shape index (κ3) is 8.18. The molecule has 1 amide bonds. The number of anilines is 1. The number of rotatable bonds is 8. The molecule has 0 aliphatic rings. The summed E-state index contributed by atoms with van der Waals surface area (Å²) >= 11 is 0. The van der Waals surface area contributed by atoms with Crippen LogP contribution >= 0.6 is 8.60 Å². The number of halogens is 6. The normalized spacial score (nSPS) is 11.9. The van der Waals surface area contributed by atoms with E-state index in [2.05, 4.69) is 14.6 Å². The second kappa shape index (κ2) is 11.2. The zero-order valence-electron chi connectivity index (χ0n) is 18.1. The number of pyridine rings is 1. The first kappa shape index (κ1) is 27.9. The molecular formula is C21H15F6N2O7P. The molecule has 0 aliphatic heterocycles. The van der Waals surface area contributed by atoms with Crippen molar-refractivity contribution in [2.75, 3.05) is 5.32 Å². The van der Waals surface area contributed by atoms with Gasteiger partial charge in [0.1, 0.15) is 24.0 Å². The molecule has 0 saturated carbocycles. The number of benzene rings is 2. The van der Waals surface area contributed by atoms with Gasteiger partial charge in [-0.05, 0) is 48.5 Å². The summed E-state index contributed by atoms with van der Waals surface area (Å²) in [6.07, 6.45) is -8.59. The van der Waals surface area contributed by atoms with Crippen molar-refractivity contribution < 1.29 is 54.9 Å². The Hall–Kier alpha value is -3.65. The summed E-state index contributed by atoms with van der Waals surface area (Å²) in [4.78, 5) is 42.4. The number of carbonyl (C=O) groups excluding carboxylic acids is 1. The summed E-state index contributed by atoms with van der Waals surface area (Å²) in [5, 5.41) is 2.32. The van der Waals surface area contributed by atoms with E-state index in [1.165, 1.54) is 6.07 Å². The SMILES string of the molecule is O=C(Nc1ccn(COP(O)O)c(=O)c1)c1ccc(C(F)(F)F)cc1Oc1ccc(OC(F)(F)F)cc1. The van der Waals surface area contributed by atoms with Gasteiger partial charge >= 0.3 is 21.1 Å². The summed E-state index contributed by atoms with van der Waals surface area (Å²) in [5.41, 5.74) is -2.31. The first-order chi connectivity index (χ1) is 17.2. The lowest BCUT2D eigenvalue weighted by atomic mass is 10.1. The first-order valence-electron chi connectivity index (χ1n) is 9.79. The number of nitrogens with zero attached hydrogens (tertiary/aromatic N) is 1. The lowest BCUT2D eigenvalue weighted by Crippen LogP contribution is -2.21. The van der Waals surface area contributed by atoms with Crippen LogP contribution in [0.1, 0.15) is 15.9 Å². The number of amides is 1. The standard InChI is InChI=1S/C21H15F6N2O7P/c22-20(23,24)12-1-6-16(17(9-12)35-14-2-4-15(5-3-14)36-21(25,26)27)19(31)28-13-7-8-29(18(30)10-13)11-34-37(32)33/h1-10,32-33H,11H2,(H,28,31). The zero-order chi connectivity index (χ0) is 27.4. The predicted octanol–water partition coefficient (Wildman–Crippen LogP) is 5.00. The van der Waals surface area contributed by atoms with Crippen LogP contribution in [0.15, 0.2) is 65.6 Å². The van der Waals surface area contributed by atoms with Crippen molar-refractivity contribution in [3.05, 3.63) is 82.3 Å². The highest BCUT2D eigenvalue weighted by molar-refractivity contribution is 7.39. The van der Waals surface area contributed by atoms with Crippen LogP contribution in [0.2, 0.25) is 0 Å². The molecule has 0 radical (unpaired) electrons. The van der Waals surface area contributed by atoms with Crippen LogP contribution in [-0.2, 0) is 17.4 Å². The van der Waals surface area contributed by atoms with E-state index < -0.39 is 56.4 Å². The second-order valence-electron chi connectivity index (χ2n) is 7.02. The molecule has 9 nitrogen and oxygen atoms in total. The molecule has 0 saturated heterocycles. The minimum Gasteiger partial charge on any atom is -0.457 e. The maximum Gasteiger partial charge on any atom is 0.573 e. The summed E-state index contributed by atoms with van der Waals surface area (Å²) in [7, 11) is -2.71. The molecule has 3 rings (SSSR count). The van der Waals surface area contributed by atoms with Crippen molar-refractivity contribution in [3.8, 4) is 17.2 Å². The topological polar surface area (TPSA) is 119 Å². The molecule has 3 N–H and O–H groups in total. The Labute approximate surface area is 204 Å². The number of nitrogens with one attached hydrogen (secondary N) is 1. The van der Waals surface area contributed by atoms with Gasteiger partial charge in [0.2, 0.25) is 0 Å². The summed E-state index contributed by atoms with van der Waals surface area (Å²) < 4.78 is 91.2. The number of hydrogen-bond acceptors (Lipinski definition) is 7. The molecule has 1 aromatic heterocycles. The van der Waals surface area contributed by atoms with E-state index in [4.69, 9.17) is 14.5 Å². The number of aromatic nitrogens is 1. The smallest absolute Gasteiger partial charge is 0.457 e. The van der Waals surface area contributed by atoms with E-state index in [1.54, 1.807) is 0 Å². The largest absolute Gasteiger partial charge is 0.573 e. The van der Waals surface area contributed by atoms with Gasteiger partial charge in [0.15, 0.2) is 0 Å². The van der Waals surface area contributed by atoms with Crippen molar-refractivity contribution in [2.45, 2.75) is 19.3 Å². The van der Waals surface area contributed by atoms with Crippen molar-refractivity contribution >= 4 is 20.2 Å². The average molecular weight is 552 g/mol. The van der Waals surface area contributed by atoms with Crippen LogP contribution < -0.4 is 20.3 Å². The molecule has 0 fully saturated rings. The molecule has 198 valence electrons. The van der Waals surface area contributed by atoms with Gasteiger partial charge in [-0.2, -0.15) is 13.2 Å². The molecule has 0 spiro atoms. The van der Waals surface area contributed by atoms with Crippen LogP contribution in [0, 0.1) is 0 Å². The number of alkyl halides is 6. The van der Waals surface area contributed by atoms with Crippen LogP contribution in [0.5, 0.6) is 17.2 Å². The predicted molar refractivity (Wildman–Crippen MR) is 116 cm³/mol. The molecule has 0 bridgehead atoms. The van der Waals surface area contributed by atoms with E-state index in [0.717, 1.165) is 47.2 Å². The number of hydrogen-bond donors (Lipinski definition) is 3. The Bertz CT molecular complexity index is 1310. The summed E-state index contributed by atoms with van der Waals surface area (Å²) in [6.45, 7) is -0.491. The Morgan fingerprint density at radius 2 is 1.59 bits per heavy atom. The van der Waals surface area contributed by atoms with Gasteiger partial charge < -0.3 is 24.6 Å². The van der Waals surface area contributed by atoms with Gasteiger partial charge in [-0.25, -0.2) is 0 Å². The van der Waals surface area contributed by atoms with Gasteiger partial charge in [-0.15, -0.1) is 13.2 Å². The van der Waals surface area contributed by atoms with Crippen LogP contribution in [-0.4, -0.2) is 26.6 Å². The van der Waals surface area contributed by atoms with Gasteiger partial charge in [-0.1, -0.05) is 0 Å². The van der Waals surface area contributed by atoms with Crippen molar-refractivity contribution in [1.29, 1.82) is 0 Å². The van der Waals surface area contributed by atoms with Gasteiger partial charge in [-0.3, -0.25) is 18.7 Å². The highest BCUT2D eigenvalue weighted by Gasteiger charge is 2.33. The average Bonchev–Trinajstić information content (AvgIpc) is 2.78. The Morgan fingerprint density at radius 1 is 0.946 bits per heavy atom. The van der Waals surface area contributed by atoms with E-state index in [1.807, 2.05) is 0 Å². The Balaban J connectivity index is 1.86. The first-order valence-corrected chi connectivity index (χ1v) is 11.0. The molecule has 0 atom stereocenters. The van der Waals surface area contributed by atoms with Crippen molar-refractivity contribution in [3.63, 3.8) is 0 Å². The molecule has 1 heterocycles. The van der Waals surface area contributed by atoms with E-state index in [9.17, 15) is 35.9 Å². The van der Waals surface area contributed by atoms with E-state index in [0.29, 0.717) is 12.1 Å². The van der Waals surface area contributed by atoms with Crippen molar-refractivity contribution in [2.24, 2.45) is 0 Å². The van der Waals surface area contributed by atoms with E-state index >= 15 is 0 Å². The molecular weight excluding hydrogens is 537 g/mol. The summed E-state index contributed by atoms with van der Waals surface area (Å²) in [5.74, 6) is -2.34. The van der Waals surface area contributed by atoms with Crippen LogP contribution in [0.25, 0.3) is 0 Å². The summed E-state index contributed by atoms with van der Waals surface area (Å²) in [6, 6.07) is 7.90. The highest BCUT2D eigenvalue weighted by atomic mass is 31.2. The lowest BCUT2D eigenvalue weighted by Gasteiger charge is -2.15. The Morgan fingerprint density at radius 3 is 2.16 bits per heavy atom. The minimum atomic E-state index is -4.96. The molecule has 0 aliphatic carbocycles. The second-order valence-corrected chi connectivity index (χ2v) is 7.78. The maximum atomic E-state index is 13.2. The van der Waals surface area contributed by atoms with Crippen LogP contribution in [0.3, 0.4) is 0 Å². The van der Waals surface area contributed by atoms with Crippen LogP contribution in [0.4, 0.5) is 32.0 Å². The molecule has 2 aromatic carbocycles. The quantitative estimate of drug-likeness (QED) is 0.266. The zero-order valence-corrected chi connectivity index (χ0v) is 19.0. The molecule has 16 heteroatoms. The van der Waals surface area contributed by atoms with E-state index in [-0.39, 0.29) is 17.0 Å². The lowest BCUT2D eigenvalue weighted by molar-refractivity contribution is -0.274. The Kier molecular flexibility index (Phi) is 8.43. The fraction of sp³-hybridized carbons (Fsp3) is 0.143. The number of ether oxygens (including phenoxy) is 2. The fourth-order valence-corrected chi connectivity index (χ4v) is 3.04. The number of carbonyl (C=O) groups is 1. The van der Waals surface area contributed by atoms with Crippen molar-refractivity contribution in [1.82, 2.24) is 4.57 Å². The minimum absolute atomic E-state index is 0.0546. The van der Waals surface area contributed by atoms with Gasteiger partial charge in [0.25, 0.3) is 11.5 Å². The molecule has 37 heavy (non-hydrogen) atoms. The van der Waals surface area contributed by atoms with Gasteiger partial charge in [0, 0.05) is 18.0 Å².